The Labute approximate surface area is 283 Å². The Balaban J connectivity index is 0.000000204. The van der Waals surface area contributed by atoms with Crippen molar-refractivity contribution in [3.05, 3.63) is 109 Å². The Bertz CT molecular complexity index is 1840. The molecule has 235 valence electrons. The number of nitrogens with zero attached hydrogens (tertiary/aromatic N) is 3. The first-order chi connectivity index (χ1) is 21.0. The van der Waals surface area contributed by atoms with Crippen LogP contribution in [-0.4, -0.2) is 23.0 Å². The number of hydrogen-bond acceptors (Lipinski definition) is 4. The van der Waals surface area contributed by atoms with Crippen LogP contribution in [0.3, 0.4) is 0 Å². The summed E-state index contributed by atoms with van der Waals surface area (Å²) < 4.78 is 6.13. The van der Waals surface area contributed by atoms with E-state index in [4.69, 9.17) is 9.40 Å². The van der Waals surface area contributed by atoms with Crippen LogP contribution in [0.25, 0.3) is 44.6 Å². The van der Waals surface area contributed by atoms with Crippen molar-refractivity contribution in [1.82, 2.24) is 15.0 Å². The molecule has 0 saturated heterocycles. The molecule has 4 heterocycles. The van der Waals surface area contributed by atoms with Crippen LogP contribution in [-0.2, 0) is 26.5 Å². The van der Waals surface area contributed by atoms with Crippen molar-refractivity contribution in [3.63, 3.8) is 0 Å². The maximum Gasteiger partial charge on any atom is 0.216 e. The van der Waals surface area contributed by atoms with Gasteiger partial charge in [-0.3, -0.25) is 0 Å². The smallest absolute Gasteiger partial charge is 0.216 e. The summed E-state index contributed by atoms with van der Waals surface area (Å²) in [7, 11) is -1.34. The summed E-state index contributed by atoms with van der Waals surface area (Å²) in [4.78, 5) is 13.9. The van der Waals surface area contributed by atoms with Crippen molar-refractivity contribution in [2.24, 2.45) is 11.8 Å². The van der Waals surface area contributed by atoms with Gasteiger partial charge in [0.25, 0.3) is 0 Å². The van der Waals surface area contributed by atoms with Gasteiger partial charge < -0.3 is 14.4 Å². The van der Waals surface area contributed by atoms with Gasteiger partial charge in [-0.15, -0.1) is 54.1 Å². The molecule has 4 nitrogen and oxygen atoms in total. The van der Waals surface area contributed by atoms with Gasteiger partial charge in [-0.05, 0) is 53.0 Å². The third kappa shape index (κ3) is 8.05. The maximum absolute atomic E-state index is 6.13. The first-order valence-corrected chi connectivity index (χ1v) is 19.1. The zero-order valence-electron chi connectivity index (χ0n) is 27.6. The molecule has 0 N–H and O–H groups in total. The number of furan rings is 1. The van der Waals surface area contributed by atoms with E-state index in [0.29, 0.717) is 23.5 Å². The summed E-state index contributed by atoms with van der Waals surface area (Å²) in [6.07, 6.45) is 5.02. The van der Waals surface area contributed by atoms with Gasteiger partial charge in [0.1, 0.15) is 0 Å². The first kappa shape index (κ1) is 34.4. The van der Waals surface area contributed by atoms with Crippen LogP contribution in [0.15, 0.2) is 89.6 Å². The van der Waals surface area contributed by atoms with E-state index in [2.05, 4.69) is 107 Å². The zero-order valence-corrected chi connectivity index (χ0v) is 31.0. The van der Waals surface area contributed by atoms with E-state index >= 15 is 0 Å². The fourth-order valence-corrected chi connectivity index (χ4v) is 7.00. The summed E-state index contributed by atoms with van der Waals surface area (Å²) in [5.41, 5.74) is 7.89. The van der Waals surface area contributed by atoms with Crippen LogP contribution in [0.2, 0.25) is 19.6 Å². The van der Waals surface area contributed by atoms with E-state index in [1.54, 1.807) is 6.20 Å². The van der Waals surface area contributed by atoms with Crippen molar-refractivity contribution in [2.75, 3.05) is 0 Å². The van der Waals surface area contributed by atoms with Gasteiger partial charge in [0.15, 0.2) is 0 Å². The average molecular weight is 790 g/mol. The quantitative estimate of drug-likeness (QED) is 0.119. The molecule has 1 atom stereocenters. The standard InChI is InChI=1S/C21H19N2O.C18H24NSi.Ir/c1-13(2)14(3)18-11-10-16-15-7-6-8-17(19-9-4-5-12-22-19)20(15)24-21(16)23-18;1-14(2)11-16-12-17(15-9-7-6-8-10-15)19-13-18(16)20(3,4)5;/h4-7,9-14H,1-3H3;6-9,12-14H,11H2,1-5H3;/q2*-1;. The van der Waals surface area contributed by atoms with Crippen LogP contribution in [0, 0.1) is 24.0 Å². The van der Waals surface area contributed by atoms with Gasteiger partial charge in [-0.25, -0.2) is 4.98 Å². The zero-order chi connectivity index (χ0) is 31.4. The van der Waals surface area contributed by atoms with Crippen molar-refractivity contribution in [2.45, 2.75) is 66.6 Å². The molecular weight excluding hydrogens is 747 g/mol. The Morgan fingerprint density at radius 2 is 1.58 bits per heavy atom. The molecule has 45 heavy (non-hydrogen) atoms. The molecule has 0 aliphatic heterocycles. The third-order valence-corrected chi connectivity index (χ3v) is 10.2. The average Bonchev–Trinajstić information content (AvgIpc) is 3.39. The van der Waals surface area contributed by atoms with Crippen LogP contribution in [0.5, 0.6) is 0 Å². The summed E-state index contributed by atoms with van der Waals surface area (Å²) in [6, 6.07) is 30.9. The van der Waals surface area contributed by atoms with E-state index in [1.165, 1.54) is 10.8 Å². The Hall–Kier alpha value is -3.44. The molecule has 0 fully saturated rings. The Morgan fingerprint density at radius 1 is 0.800 bits per heavy atom. The Morgan fingerprint density at radius 3 is 2.22 bits per heavy atom. The molecule has 0 aliphatic carbocycles. The summed E-state index contributed by atoms with van der Waals surface area (Å²) >= 11 is 0. The fourth-order valence-electron chi connectivity index (χ4n) is 5.41. The van der Waals surface area contributed by atoms with E-state index in [0.717, 1.165) is 51.0 Å². The molecule has 0 aliphatic rings. The molecule has 6 aromatic rings. The molecular formula is C39H43IrN3OSi-2. The summed E-state index contributed by atoms with van der Waals surface area (Å²) in [6.45, 7) is 18.4. The van der Waals surface area contributed by atoms with Crippen molar-refractivity contribution in [1.29, 1.82) is 0 Å². The van der Waals surface area contributed by atoms with Crippen LogP contribution >= 0.6 is 0 Å². The number of hydrogen-bond donors (Lipinski definition) is 0. The van der Waals surface area contributed by atoms with E-state index < -0.39 is 8.07 Å². The topological polar surface area (TPSA) is 51.8 Å². The minimum absolute atomic E-state index is 0. The first-order valence-electron chi connectivity index (χ1n) is 15.6. The van der Waals surface area contributed by atoms with Gasteiger partial charge in [0, 0.05) is 49.5 Å². The molecule has 1 radical (unpaired) electrons. The van der Waals surface area contributed by atoms with Crippen molar-refractivity contribution in [3.8, 4) is 22.5 Å². The second-order valence-electron chi connectivity index (χ2n) is 13.4. The van der Waals surface area contributed by atoms with Gasteiger partial charge in [0.2, 0.25) is 5.71 Å². The second kappa shape index (κ2) is 14.8. The van der Waals surface area contributed by atoms with Crippen molar-refractivity contribution < 1.29 is 24.5 Å². The number of fused-ring (bicyclic) bond motifs is 3. The predicted molar refractivity (Wildman–Crippen MR) is 187 cm³/mol. The van der Waals surface area contributed by atoms with Crippen LogP contribution in [0.4, 0.5) is 0 Å². The molecule has 0 bridgehead atoms. The predicted octanol–water partition coefficient (Wildman–Crippen LogP) is 9.89. The largest absolute Gasteiger partial charge is 0.486 e. The maximum atomic E-state index is 6.13. The van der Waals surface area contributed by atoms with Gasteiger partial charge in [-0.2, -0.15) is 0 Å². The molecule has 6 heteroatoms. The van der Waals surface area contributed by atoms with Crippen molar-refractivity contribution >= 4 is 35.3 Å². The van der Waals surface area contributed by atoms with Gasteiger partial charge in [0.05, 0.1) is 13.7 Å². The van der Waals surface area contributed by atoms with E-state index in [9.17, 15) is 0 Å². The Kier molecular flexibility index (Phi) is 11.3. The number of rotatable bonds is 7. The fraction of sp³-hybridized carbons (Fsp3) is 0.308. The molecule has 1 unspecified atom stereocenters. The molecule has 6 rings (SSSR count). The molecule has 0 saturated carbocycles. The van der Waals surface area contributed by atoms with Crippen LogP contribution < -0.4 is 5.19 Å². The van der Waals surface area contributed by atoms with Gasteiger partial charge >= 0.3 is 0 Å². The molecule has 4 aromatic heterocycles. The SMILES string of the molecule is CC(C)C(C)c1ccc2c(n1)oc1c(-c3ccccn3)[c-]ccc12.CC(C)Cc1cc(-c2[c-]cccc2)ncc1[Si](C)(C)C.[Ir]. The number of benzene rings is 2. The van der Waals surface area contributed by atoms with E-state index in [-0.39, 0.29) is 20.1 Å². The number of aromatic nitrogens is 3. The summed E-state index contributed by atoms with van der Waals surface area (Å²) in [5, 5.41) is 3.59. The third-order valence-electron chi connectivity index (χ3n) is 8.12. The van der Waals surface area contributed by atoms with Crippen LogP contribution in [0.1, 0.15) is 51.8 Å². The summed E-state index contributed by atoms with van der Waals surface area (Å²) in [5.74, 6) is 1.60. The number of pyridine rings is 3. The monoisotopic (exact) mass is 790 g/mol. The normalized spacial score (nSPS) is 12.2. The minimum Gasteiger partial charge on any atom is -0.486 e. The molecule has 0 amide bonds. The minimum atomic E-state index is -1.34. The van der Waals surface area contributed by atoms with E-state index in [1.807, 2.05) is 48.5 Å². The second-order valence-corrected chi connectivity index (χ2v) is 18.4. The molecule has 0 spiro atoms. The van der Waals surface area contributed by atoms with Gasteiger partial charge in [-0.1, -0.05) is 89.0 Å². The molecule has 2 aromatic carbocycles.